The largest absolute Gasteiger partial charge is 0.506 e. The van der Waals surface area contributed by atoms with Crippen molar-refractivity contribution in [2.45, 2.75) is 24.2 Å². The molecule has 2 aromatic carbocycles. The maximum Gasteiger partial charge on any atom is 0.151 e. The zero-order valence-electron chi connectivity index (χ0n) is 17.1. The van der Waals surface area contributed by atoms with Crippen molar-refractivity contribution in [3.8, 4) is 5.75 Å². The van der Waals surface area contributed by atoms with Gasteiger partial charge in [0.25, 0.3) is 0 Å². The SMILES string of the molecule is O=S(=O)(CCCOCCc1ccccc1)CCNCCc1ccc(O)c2c1SCN2. The Balaban J connectivity index is 1.25. The van der Waals surface area contributed by atoms with Gasteiger partial charge in [0, 0.05) is 18.0 Å². The Morgan fingerprint density at radius 2 is 1.87 bits per heavy atom. The fraction of sp³-hybridized carbons (Fsp3) is 0.455. The molecule has 1 aliphatic rings. The molecule has 164 valence electrons. The molecule has 1 heterocycles. The van der Waals surface area contributed by atoms with Crippen LogP contribution in [0.3, 0.4) is 0 Å². The van der Waals surface area contributed by atoms with E-state index in [9.17, 15) is 13.5 Å². The molecule has 0 aromatic heterocycles. The van der Waals surface area contributed by atoms with Gasteiger partial charge in [0.1, 0.15) is 5.75 Å². The summed E-state index contributed by atoms with van der Waals surface area (Å²) in [5.74, 6) is 1.35. The Labute approximate surface area is 183 Å². The number of aromatic hydroxyl groups is 1. The lowest BCUT2D eigenvalue weighted by Crippen LogP contribution is -2.26. The molecule has 0 saturated heterocycles. The number of hydrogen-bond donors (Lipinski definition) is 3. The van der Waals surface area contributed by atoms with Crippen molar-refractivity contribution in [3.05, 3.63) is 53.6 Å². The van der Waals surface area contributed by atoms with E-state index in [0.29, 0.717) is 32.7 Å². The fourth-order valence-electron chi connectivity index (χ4n) is 3.32. The molecule has 0 spiro atoms. The minimum Gasteiger partial charge on any atom is -0.506 e. The van der Waals surface area contributed by atoms with Crippen LogP contribution in [0.1, 0.15) is 17.5 Å². The molecule has 0 amide bonds. The van der Waals surface area contributed by atoms with Crippen molar-refractivity contribution in [2.75, 3.05) is 49.0 Å². The Morgan fingerprint density at radius 1 is 1.03 bits per heavy atom. The van der Waals surface area contributed by atoms with Crippen LogP contribution in [0.4, 0.5) is 5.69 Å². The van der Waals surface area contributed by atoms with Gasteiger partial charge in [-0.2, -0.15) is 0 Å². The van der Waals surface area contributed by atoms with E-state index in [1.165, 1.54) is 11.1 Å². The Hall–Kier alpha value is -1.74. The maximum atomic E-state index is 12.2. The summed E-state index contributed by atoms with van der Waals surface area (Å²) in [4.78, 5) is 1.09. The number of anilines is 1. The first-order valence-electron chi connectivity index (χ1n) is 10.3. The predicted molar refractivity (Wildman–Crippen MR) is 123 cm³/mol. The summed E-state index contributed by atoms with van der Waals surface area (Å²) in [7, 11) is -3.07. The van der Waals surface area contributed by atoms with E-state index in [1.807, 2.05) is 24.3 Å². The minimum atomic E-state index is -3.07. The summed E-state index contributed by atoms with van der Waals surface area (Å²) in [5, 5.41) is 16.3. The Kier molecular flexibility index (Phi) is 8.87. The molecule has 0 fully saturated rings. The summed E-state index contributed by atoms with van der Waals surface area (Å²) in [6.07, 6.45) is 2.17. The molecule has 3 rings (SSSR count). The molecule has 6 nitrogen and oxygen atoms in total. The molecule has 30 heavy (non-hydrogen) atoms. The number of phenolic OH excluding ortho intramolecular Hbond substituents is 1. The predicted octanol–water partition coefficient (Wildman–Crippen LogP) is 3.06. The lowest BCUT2D eigenvalue weighted by molar-refractivity contribution is 0.138. The molecule has 0 radical (unpaired) electrons. The van der Waals surface area contributed by atoms with Crippen molar-refractivity contribution < 1.29 is 18.3 Å². The van der Waals surface area contributed by atoms with Gasteiger partial charge >= 0.3 is 0 Å². The molecule has 0 atom stereocenters. The molecular formula is C22H30N2O4S2. The Bertz CT molecular complexity index is 905. The number of fused-ring (bicyclic) bond motifs is 1. The number of ether oxygens (including phenoxy) is 1. The number of hydrogen-bond acceptors (Lipinski definition) is 7. The second-order valence-electron chi connectivity index (χ2n) is 7.27. The molecule has 0 saturated carbocycles. The number of phenols is 1. The van der Waals surface area contributed by atoms with Gasteiger partial charge in [-0.3, -0.25) is 0 Å². The van der Waals surface area contributed by atoms with Gasteiger partial charge in [0.15, 0.2) is 9.84 Å². The molecule has 2 aromatic rings. The summed E-state index contributed by atoms with van der Waals surface area (Å²) in [6.45, 7) is 2.23. The third-order valence-electron chi connectivity index (χ3n) is 4.97. The van der Waals surface area contributed by atoms with Crippen LogP contribution in [0.25, 0.3) is 0 Å². The van der Waals surface area contributed by atoms with E-state index in [1.54, 1.807) is 17.8 Å². The van der Waals surface area contributed by atoms with Crippen LogP contribution in [0.15, 0.2) is 47.4 Å². The van der Waals surface area contributed by atoms with Crippen LogP contribution >= 0.6 is 11.8 Å². The first-order chi connectivity index (χ1) is 14.6. The van der Waals surface area contributed by atoms with Gasteiger partial charge in [0.2, 0.25) is 0 Å². The third kappa shape index (κ3) is 7.19. The first-order valence-corrected chi connectivity index (χ1v) is 13.1. The summed E-state index contributed by atoms with van der Waals surface area (Å²) >= 11 is 1.68. The highest BCUT2D eigenvalue weighted by atomic mass is 32.2. The molecule has 0 bridgehead atoms. The summed E-state index contributed by atoms with van der Waals surface area (Å²) < 4.78 is 29.9. The van der Waals surface area contributed by atoms with Crippen molar-refractivity contribution in [2.24, 2.45) is 0 Å². The monoisotopic (exact) mass is 450 g/mol. The molecule has 1 aliphatic heterocycles. The number of thioether (sulfide) groups is 1. The van der Waals surface area contributed by atoms with Gasteiger partial charge < -0.3 is 20.5 Å². The quantitative estimate of drug-likeness (QED) is 0.319. The van der Waals surface area contributed by atoms with E-state index in [4.69, 9.17) is 4.74 Å². The third-order valence-corrected chi connectivity index (χ3v) is 7.75. The van der Waals surface area contributed by atoms with Gasteiger partial charge in [-0.15, -0.1) is 11.8 Å². The zero-order valence-corrected chi connectivity index (χ0v) is 18.7. The van der Waals surface area contributed by atoms with Crippen LogP contribution in [0.2, 0.25) is 0 Å². The average Bonchev–Trinajstić information content (AvgIpc) is 3.24. The van der Waals surface area contributed by atoms with Crippen LogP contribution in [0, 0.1) is 0 Å². The lowest BCUT2D eigenvalue weighted by Gasteiger charge is -2.10. The lowest BCUT2D eigenvalue weighted by atomic mass is 10.1. The van der Waals surface area contributed by atoms with Crippen molar-refractivity contribution in [3.63, 3.8) is 0 Å². The fourth-order valence-corrected chi connectivity index (χ4v) is 5.58. The van der Waals surface area contributed by atoms with Gasteiger partial charge in [-0.1, -0.05) is 36.4 Å². The van der Waals surface area contributed by atoms with Crippen LogP contribution in [-0.2, 0) is 27.4 Å². The van der Waals surface area contributed by atoms with Crippen molar-refractivity contribution >= 4 is 27.3 Å². The highest BCUT2D eigenvalue weighted by Crippen LogP contribution is 2.42. The number of sulfone groups is 1. The smallest absolute Gasteiger partial charge is 0.151 e. The van der Waals surface area contributed by atoms with E-state index in [-0.39, 0.29) is 17.3 Å². The molecule has 3 N–H and O–H groups in total. The summed E-state index contributed by atoms with van der Waals surface area (Å²) in [6, 6.07) is 13.8. The average molecular weight is 451 g/mol. The van der Waals surface area contributed by atoms with Gasteiger partial charge in [0.05, 0.1) is 29.7 Å². The minimum absolute atomic E-state index is 0.140. The van der Waals surface area contributed by atoms with E-state index >= 15 is 0 Å². The molecule has 0 aliphatic carbocycles. The molecule has 0 unspecified atom stereocenters. The zero-order chi connectivity index (χ0) is 21.2. The van der Waals surface area contributed by atoms with Crippen LogP contribution < -0.4 is 10.6 Å². The second-order valence-corrected chi connectivity index (χ2v) is 10.6. The maximum absolute atomic E-state index is 12.2. The number of benzene rings is 2. The van der Waals surface area contributed by atoms with Gasteiger partial charge in [-0.25, -0.2) is 8.42 Å². The normalized spacial score (nSPS) is 13.2. The molecular weight excluding hydrogens is 420 g/mol. The van der Waals surface area contributed by atoms with Crippen molar-refractivity contribution in [1.82, 2.24) is 5.32 Å². The number of nitrogens with one attached hydrogen (secondary N) is 2. The van der Waals surface area contributed by atoms with Gasteiger partial charge in [-0.05, 0) is 43.0 Å². The van der Waals surface area contributed by atoms with E-state index in [2.05, 4.69) is 22.8 Å². The Morgan fingerprint density at radius 3 is 2.70 bits per heavy atom. The standard InChI is InChI=1S/C22H30N2O4S2/c25-20-8-7-19(22-21(20)24-17-29-22)9-11-23-12-16-30(26,27)15-4-13-28-14-10-18-5-2-1-3-6-18/h1-3,5-8,23-25H,4,9-17H2. The van der Waals surface area contributed by atoms with E-state index < -0.39 is 9.84 Å². The first kappa shape index (κ1) is 22.9. The highest BCUT2D eigenvalue weighted by Gasteiger charge is 2.18. The highest BCUT2D eigenvalue weighted by molar-refractivity contribution is 8.00. The van der Waals surface area contributed by atoms with Crippen molar-refractivity contribution in [1.29, 1.82) is 0 Å². The number of rotatable bonds is 13. The topological polar surface area (TPSA) is 87.7 Å². The van der Waals surface area contributed by atoms with E-state index in [0.717, 1.165) is 29.3 Å². The second kappa shape index (κ2) is 11.6. The summed E-state index contributed by atoms with van der Waals surface area (Å²) in [5.41, 5.74) is 3.20. The molecule has 8 heteroatoms. The van der Waals surface area contributed by atoms with Crippen LogP contribution in [0.5, 0.6) is 5.75 Å². The van der Waals surface area contributed by atoms with Crippen LogP contribution in [-0.4, -0.2) is 57.2 Å².